The first-order chi connectivity index (χ1) is 12.1. The fourth-order valence-electron chi connectivity index (χ4n) is 4.12. The Morgan fingerprint density at radius 2 is 1.72 bits per heavy atom. The predicted molar refractivity (Wildman–Crippen MR) is 102 cm³/mol. The molecule has 128 valence electrons. The Morgan fingerprint density at radius 1 is 1.00 bits per heavy atom. The lowest BCUT2D eigenvalue weighted by atomic mass is 10.1. The zero-order valence-corrected chi connectivity index (χ0v) is 14.9. The number of anilines is 2. The molecule has 0 amide bonds. The van der Waals surface area contributed by atoms with Gasteiger partial charge in [-0.1, -0.05) is 12.1 Å². The number of piperazine rings is 1. The van der Waals surface area contributed by atoms with E-state index in [0.29, 0.717) is 12.1 Å². The van der Waals surface area contributed by atoms with Gasteiger partial charge in [0.05, 0.1) is 11.6 Å². The number of nitriles is 1. The molecular formula is C21H24N4. The van der Waals surface area contributed by atoms with Crippen molar-refractivity contribution in [2.24, 2.45) is 0 Å². The lowest BCUT2D eigenvalue weighted by molar-refractivity contribution is 0.230. The molecule has 0 spiro atoms. The molecule has 2 heterocycles. The Hall–Kier alpha value is -2.51. The Morgan fingerprint density at radius 3 is 2.28 bits per heavy atom. The molecular weight excluding hydrogens is 308 g/mol. The average Bonchev–Trinajstić information content (AvgIpc) is 3.23. The molecule has 4 rings (SSSR count). The summed E-state index contributed by atoms with van der Waals surface area (Å²) >= 11 is 0. The SMILES string of the molecule is CN(C)c1ccc(N2CC3CC2CN3Cc2ccc(C#N)cc2)cc1. The van der Waals surface area contributed by atoms with Crippen LogP contribution in [0, 0.1) is 11.3 Å². The maximum absolute atomic E-state index is 8.91. The molecule has 2 atom stereocenters. The van der Waals surface area contributed by atoms with Gasteiger partial charge < -0.3 is 9.80 Å². The summed E-state index contributed by atoms with van der Waals surface area (Å²) in [6, 6.07) is 20.4. The van der Waals surface area contributed by atoms with Gasteiger partial charge in [-0.05, 0) is 48.4 Å². The van der Waals surface area contributed by atoms with Crippen molar-refractivity contribution >= 4 is 11.4 Å². The van der Waals surface area contributed by atoms with Gasteiger partial charge in [0.2, 0.25) is 0 Å². The molecule has 2 fully saturated rings. The molecule has 2 aliphatic rings. The van der Waals surface area contributed by atoms with Gasteiger partial charge >= 0.3 is 0 Å². The second-order valence-corrected chi connectivity index (χ2v) is 7.34. The van der Waals surface area contributed by atoms with E-state index in [4.69, 9.17) is 5.26 Å². The summed E-state index contributed by atoms with van der Waals surface area (Å²) in [5, 5.41) is 8.91. The summed E-state index contributed by atoms with van der Waals surface area (Å²) in [5.74, 6) is 0. The number of likely N-dealkylation sites (tertiary alicyclic amines) is 1. The van der Waals surface area contributed by atoms with Crippen LogP contribution in [0.15, 0.2) is 48.5 Å². The molecule has 2 bridgehead atoms. The van der Waals surface area contributed by atoms with Gasteiger partial charge in [0.15, 0.2) is 0 Å². The number of hydrogen-bond donors (Lipinski definition) is 0. The Labute approximate surface area is 149 Å². The number of benzene rings is 2. The molecule has 0 radical (unpaired) electrons. The summed E-state index contributed by atoms with van der Waals surface area (Å²) in [4.78, 5) is 7.30. The summed E-state index contributed by atoms with van der Waals surface area (Å²) in [7, 11) is 4.15. The quantitative estimate of drug-likeness (QED) is 0.861. The molecule has 25 heavy (non-hydrogen) atoms. The van der Waals surface area contributed by atoms with Crippen LogP contribution in [0.2, 0.25) is 0 Å². The fourth-order valence-corrected chi connectivity index (χ4v) is 4.12. The number of fused-ring (bicyclic) bond motifs is 2. The van der Waals surface area contributed by atoms with Crippen molar-refractivity contribution in [1.29, 1.82) is 5.26 Å². The lowest BCUT2D eigenvalue weighted by Gasteiger charge is -2.35. The van der Waals surface area contributed by atoms with Crippen LogP contribution in [0.4, 0.5) is 11.4 Å². The number of hydrogen-bond acceptors (Lipinski definition) is 4. The van der Waals surface area contributed by atoms with Crippen LogP contribution in [0.1, 0.15) is 17.5 Å². The minimum absolute atomic E-state index is 0.619. The normalized spacial score (nSPS) is 22.2. The summed E-state index contributed by atoms with van der Waals surface area (Å²) < 4.78 is 0. The van der Waals surface area contributed by atoms with Gasteiger partial charge in [0.25, 0.3) is 0 Å². The molecule has 0 saturated carbocycles. The van der Waals surface area contributed by atoms with Crippen LogP contribution in [-0.2, 0) is 6.54 Å². The van der Waals surface area contributed by atoms with Crippen molar-refractivity contribution in [2.75, 3.05) is 37.0 Å². The summed E-state index contributed by atoms with van der Waals surface area (Å²) in [6.45, 7) is 3.22. The largest absolute Gasteiger partial charge is 0.378 e. The van der Waals surface area contributed by atoms with Crippen molar-refractivity contribution in [1.82, 2.24) is 4.90 Å². The smallest absolute Gasteiger partial charge is 0.0991 e. The van der Waals surface area contributed by atoms with E-state index in [1.165, 1.54) is 23.4 Å². The van der Waals surface area contributed by atoms with E-state index in [1.54, 1.807) is 0 Å². The molecule has 2 aromatic rings. The van der Waals surface area contributed by atoms with E-state index in [-0.39, 0.29) is 0 Å². The molecule has 0 aromatic heterocycles. The first-order valence-corrected chi connectivity index (χ1v) is 8.91. The predicted octanol–water partition coefficient (Wildman–Crippen LogP) is 3.09. The van der Waals surface area contributed by atoms with Gasteiger partial charge in [-0.15, -0.1) is 0 Å². The molecule has 0 N–H and O–H groups in total. The molecule has 2 saturated heterocycles. The van der Waals surface area contributed by atoms with Crippen LogP contribution in [0.3, 0.4) is 0 Å². The highest BCUT2D eigenvalue weighted by molar-refractivity contribution is 5.57. The summed E-state index contributed by atoms with van der Waals surface area (Å²) in [5.41, 5.74) is 4.62. The summed E-state index contributed by atoms with van der Waals surface area (Å²) in [6.07, 6.45) is 1.26. The van der Waals surface area contributed by atoms with Crippen molar-refractivity contribution in [3.05, 3.63) is 59.7 Å². The zero-order chi connectivity index (χ0) is 17.4. The third-order valence-electron chi connectivity index (χ3n) is 5.52. The zero-order valence-electron chi connectivity index (χ0n) is 14.9. The van der Waals surface area contributed by atoms with Crippen LogP contribution >= 0.6 is 0 Å². The minimum atomic E-state index is 0.619. The maximum Gasteiger partial charge on any atom is 0.0991 e. The van der Waals surface area contributed by atoms with Crippen LogP contribution < -0.4 is 9.80 Å². The fraction of sp³-hybridized carbons (Fsp3) is 0.381. The van der Waals surface area contributed by atoms with Crippen LogP contribution in [-0.4, -0.2) is 44.2 Å². The van der Waals surface area contributed by atoms with Gasteiger partial charge in [0, 0.05) is 57.2 Å². The Kier molecular flexibility index (Phi) is 4.10. The third kappa shape index (κ3) is 3.08. The molecule has 4 heteroatoms. The molecule has 2 aromatic carbocycles. The molecule has 4 nitrogen and oxygen atoms in total. The molecule has 2 aliphatic heterocycles. The third-order valence-corrected chi connectivity index (χ3v) is 5.52. The average molecular weight is 332 g/mol. The second kappa shape index (κ2) is 6.42. The Balaban J connectivity index is 1.40. The van der Waals surface area contributed by atoms with E-state index in [0.717, 1.165) is 25.2 Å². The van der Waals surface area contributed by atoms with E-state index in [2.05, 4.69) is 71.3 Å². The van der Waals surface area contributed by atoms with Gasteiger partial charge in [-0.2, -0.15) is 5.26 Å². The van der Waals surface area contributed by atoms with E-state index in [1.807, 2.05) is 12.1 Å². The van der Waals surface area contributed by atoms with Gasteiger partial charge in [0.1, 0.15) is 0 Å². The first-order valence-electron chi connectivity index (χ1n) is 8.91. The molecule has 0 aliphatic carbocycles. The second-order valence-electron chi connectivity index (χ2n) is 7.34. The minimum Gasteiger partial charge on any atom is -0.378 e. The van der Waals surface area contributed by atoms with Crippen molar-refractivity contribution < 1.29 is 0 Å². The number of rotatable bonds is 4. The van der Waals surface area contributed by atoms with Crippen molar-refractivity contribution in [3.63, 3.8) is 0 Å². The first kappa shape index (κ1) is 16.0. The lowest BCUT2D eigenvalue weighted by Crippen LogP contribution is -2.46. The molecule has 2 unspecified atom stereocenters. The highest BCUT2D eigenvalue weighted by Crippen LogP contribution is 2.35. The number of nitrogens with zero attached hydrogens (tertiary/aromatic N) is 4. The topological polar surface area (TPSA) is 33.5 Å². The highest BCUT2D eigenvalue weighted by Gasteiger charge is 2.42. The maximum atomic E-state index is 8.91. The van der Waals surface area contributed by atoms with E-state index < -0.39 is 0 Å². The highest BCUT2D eigenvalue weighted by atomic mass is 15.3. The van der Waals surface area contributed by atoms with Gasteiger partial charge in [-0.25, -0.2) is 0 Å². The van der Waals surface area contributed by atoms with Crippen LogP contribution in [0.5, 0.6) is 0 Å². The van der Waals surface area contributed by atoms with E-state index in [9.17, 15) is 0 Å². The van der Waals surface area contributed by atoms with E-state index >= 15 is 0 Å². The van der Waals surface area contributed by atoms with Gasteiger partial charge in [-0.3, -0.25) is 4.90 Å². The monoisotopic (exact) mass is 332 g/mol. The van der Waals surface area contributed by atoms with Crippen LogP contribution in [0.25, 0.3) is 0 Å². The van der Waals surface area contributed by atoms with Crippen molar-refractivity contribution in [2.45, 2.75) is 25.0 Å². The standard InChI is InChI=1S/C21H24N4/c1-23(2)18-7-9-19(10-8-18)25-15-20-11-21(25)14-24(20)13-17-5-3-16(12-22)4-6-17/h3-10,20-21H,11,13-15H2,1-2H3. The Bertz CT molecular complexity index is 773. The van der Waals surface area contributed by atoms with Crippen molar-refractivity contribution in [3.8, 4) is 6.07 Å².